The van der Waals surface area contributed by atoms with Crippen LogP contribution in [0, 0.1) is 6.92 Å². The quantitative estimate of drug-likeness (QED) is 0.844. The Morgan fingerprint density at radius 2 is 2.10 bits per heavy atom. The van der Waals surface area contributed by atoms with Crippen LogP contribution in [-0.2, 0) is 9.53 Å². The van der Waals surface area contributed by atoms with Gasteiger partial charge in [0.15, 0.2) is 0 Å². The number of aldehydes is 1. The first-order valence-electron chi connectivity index (χ1n) is 6.42. The van der Waals surface area contributed by atoms with E-state index in [0.29, 0.717) is 0 Å². The Morgan fingerprint density at radius 3 is 2.60 bits per heavy atom. The summed E-state index contributed by atoms with van der Waals surface area (Å²) in [5.74, 6) is 0. The number of carbonyl (C=O) groups excluding carboxylic acids is 2. The van der Waals surface area contributed by atoms with E-state index in [0.717, 1.165) is 21.9 Å². The summed E-state index contributed by atoms with van der Waals surface area (Å²) in [6, 6.07) is 5.35. The van der Waals surface area contributed by atoms with Crippen molar-refractivity contribution in [1.29, 1.82) is 0 Å². The molecule has 1 aromatic carbocycles. The van der Waals surface area contributed by atoms with Crippen LogP contribution in [0.15, 0.2) is 22.7 Å². The first-order valence-corrected chi connectivity index (χ1v) is 7.21. The second-order valence-electron chi connectivity index (χ2n) is 5.61. The van der Waals surface area contributed by atoms with Gasteiger partial charge in [0, 0.05) is 10.9 Å². The van der Waals surface area contributed by atoms with E-state index in [1.165, 1.54) is 0 Å². The largest absolute Gasteiger partial charge is 0.444 e. The van der Waals surface area contributed by atoms with Crippen molar-refractivity contribution in [1.82, 2.24) is 5.32 Å². The number of alkyl carbamates (subject to hydrolysis) is 1. The number of ether oxygens (including phenoxy) is 1. The Hall–Kier alpha value is -1.36. The molecule has 0 heterocycles. The Bertz CT molecular complexity index is 494. The standard InChI is InChI=1S/C15H20BrNO3/c1-10-5-6-11(9-12(10)16)13(7-8-18)17-14(19)20-15(2,3)4/h5-6,8-9,13H,7H2,1-4H3,(H,17,19)/t13-/m1/s1. The maximum Gasteiger partial charge on any atom is 0.408 e. The van der Waals surface area contributed by atoms with Crippen LogP contribution in [0.2, 0.25) is 0 Å². The van der Waals surface area contributed by atoms with Gasteiger partial charge in [-0.1, -0.05) is 28.1 Å². The van der Waals surface area contributed by atoms with Crippen LogP contribution in [0.3, 0.4) is 0 Å². The maximum absolute atomic E-state index is 11.8. The molecular weight excluding hydrogens is 322 g/mol. The lowest BCUT2D eigenvalue weighted by Crippen LogP contribution is -2.35. The van der Waals surface area contributed by atoms with E-state index >= 15 is 0 Å². The third kappa shape index (κ3) is 5.33. The number of amides is 1. The number of aryl methyl sites for hydroxylation is 1. The molecule has 0 aliphatic carbocycles. The van der Waals surface area contributed by atoms with Gasteiger partial charge in [0.05, 0.1) is 6.04 Å². The first kappa shape index (κ1) is 16.7. The number of halogens is 1. The smallest absolute Gasteiger partial charge is 0.408 e. The lowest BCUT2D eigenvalue weighted by Gasteiger charge is -2.23. The Morgan fingerprint density at radius 1 is 1.45 bits per heavy atom. The van der Waals surface area contributed by atoms with Gasteiger partial charge >= 0.3 is 6.09 Å². The van der Waals surface area contributed by atoms with Crippen LogP contribution in [0.4, 0.5) is 4.79 Å². The number of nitrogens with one attached hydrogen (secondary N) is 1. The van der Waals surface area contributed by atoms with Crippen LogP contribution in [0.25, 0.3) is 0 Å². The highest BCUT2D eigenvalue weighted by Crippen LogP contribution is 2.23. The van der Waals surface area contributed by atoms with E-state index in [2.05, 4.69) is 21.2 Å². The zero-order valence-corrected chi connectivity index (χ0v) is 13.8. The summed E-state index contributed by atoms with van der Waals surface area (Å²) in [6.07, 6.45) is 0.464. The van der Waals surface area contributed by atoms with Crippen molar-refractivity contribution in [3.63, 3.8) is 0 Å². The third-order valence-corrected chi connectivity index (χ3v) is 3.48. The molecule has 4 nitrogen and oxygen atoms in total. The molecule has 1 amide bonds. The van der Waals surface area contributed by atoms with E-state index in [1.807, 2.05) is 25.1 Å². The number of rotatable bonds is 4. The summed E-state index contributed by atoms with van der Waals surface area (Å²) in [7, 11) is 0. The fourth-order valence-corrected chi connectivity index (χ4v) is 2.05. The van der Waals surface area contributed by atoms with E-state index in [-0.39, 0.29) is 12.5 Å². The summed E-state index contributed by atoms with van der Waals surface area (Å²) >= 11 is 3.45. The number of benzene rings is 1. The van der Waals surface area contributed by atoms with Gasteiger partial charge in [0.1, 0.15) is 11.9 Å². The second kappa shape index (κ2) is 6.88. The van der Waals surface area contributed by atoms with Crippen molar-refractivity contribution in [2.24, 2.45) is 0 Å². The topological polar surface area (TPSA) is 55.4 Å². The third-order valence-electron chi connectivity index (χ3n) is 2.62. The predicted molar refractivity (Wildman–Crippen MR) is 81.7 cm³/mol. The van der Waals surface area contributed by atoms with Gasteiger partial charge in [-0.25, -0.2) is 4.79 Å². The van der Waals surface area contributed by atoms with Gasteiger partial charge in [-0.15, -0.1) is 0 Å². The van der Waals surface area contributed by atoms with E-state index in [9.17, 15) is 9.59 Å². The number of carbonyl (C=O) groups is 2. The molecule has 0 aliphatic heterocycles. The van der Waals surface area contributed by atoms with Crippen molar-refractivity contribution in [3.8, 4) is 0 Å². The Kier molecular flexibility index (Phi) is 5.74. The lowest BCUT2D eigenvalue weighted by atomic mass is 10.0. The molecular formula is C15H20BrNO3. The molecule has 0 aliphatic rings. The minimum atomic E-state index is -0.566. The molecule has 0 radical (unpaired) electrons. The van der Waals surface area contributed by atoms with Crippen LogP contribution in [0.5, 0.6) is 0 Å². The first-order chi connectivity index (χ1) is 9.23. The summed E-state index contributed by atoms with van der Waals surface area (Å²) in [4.78, 5) is 22.6. The maximum atomic E-state index is 11.8. The lowest BCUT2D eigenvalue weighted by molar-refractivity contribution is -0.108. The SMILES string of the molecule is Cc1ccc([C@@H](CC=O)NC(=O)OC(C)(C)C)cc1Br. The van der Waals surface area contributed by atoms with Gasteiger partial charge in [-0.3, -0.25) is 0 Å². The van der Waals surface area contributed by atoms with Gasteiger partial charge in [0.25, 0.3) is 0 Å². The number of hydrogen-bond acceptors (Lipinski definition) is 3. The van der Waals surface area contributed by atoms with Gasteiger partial charge in [0.2, 0.25) is 0 Å². The molecule has 0 fully saturated rings. The molecule has 0 spiro atoms. The average Bonchev–Trinajstić information content (AvgIpc) is 2.30. The minimum Gasteiger partial charge on any atom is -0.444 e. The molecule has 0 unspecified atom stereocenters. The molecule has 20 heavy (non-hydrogen) atoms. The van der Waals surface area contributed by atoms with E-state index in [4.69, 9.17) is 4.74 Å². The molecule has 110 valence electrons. The molecule has 1 aromatic rings. The van der Waals surface area contributed by atoms with Crippen molar-refractivity contribution < 1.29 is 14.3 Å². The molecule has 0 aromatic heterocycles. The second-order valence-corrected chi connectivity index (χ2v) is 6.46. The van der Waals surface area contributed by atoms with Crippen molar-refractivity contribution >= 4 is 28.3 Å². The van der Waals surface area contributed by atoms with Gasteiger partial charge in [-0.2, -0.15) is 0 Å². The Labute approximate surface area is 128 Å². The van der Waals surface area contributed by atoms with Crippen LogP contribution in [0.1, 0.15) is 44.4 Å². The summed E-state index contributed by atoms with van der Waals surface area (Å²) in [5.41, 5.74) is 1.39. The summed E-state index contributed by atoms with van der Waals surface area (Å²) in [6.45, 7) is 7.36. The Balaban J connectivity index is 2.85. The van der Waals surface area contributed by atoms with E-state index < -0.39 is 11.7 Å². The fourth-order valence-electron chi connectivity index (χ4n) is 1.65. The van der Waals surface area contributed by atoms with Crippen molar-refractivity contribution in [3.05, 3.63) is 33.8 Å². The molecule has 0 bridgehead atoms. The highest BCUT2D eigenvalue weighted by atomic mass is 79.9. The van der Waals surface area contributed by atoms with E-state index in [1.54, 1.807) is 20.8 Å². The molecule has 1 rings (SSSR count). The van der Waals surface area contributed by atoms with Crippen LogP contribution >= 0.6 is 15.9 Å². The molecule has 0 saturated heterocycles. The summed E-state index contributed by atoms with van der Waals surface area (Å²) in [5, 5.41) is 2.72. The van der Waals surface area contributed by atoms with Crippen molar-refractivity contribution in [2.45, 2.75) is 45.8 Å². The van der Waals surface area contributed by atoms with Crippen molar-refractivity contribution in [2.75, 3.05) is 0 Å². The molecule has 1 N–H and O–H groups in total. The predicted octanol–water partition coefficient (Wildman–Crippen LogP) is 3.91. The fraction of sp³-hybridized carbons (Fsp3) is 0.467. The average molecular weight is 342 g/mol. The molecule has 5 heteroatoms. The van der Waals surface area contributed by atoms with Crippen LogP contribution < -0.4 is 5.32 Å². The highest BCUT2D eigenvalue weighted by Gasteiger charge is 2.20. The molecule has 0 saturated carbocycles. The minimum absolute atomic E-state index is 0.203. The monoisotopic (exact) mass is 341 g/mol. The highest BCUT2D eigenvalue weighted by molar-refractivity contribution is 9.10. The summed E-state index contributed by atoms with van der Waals surface area (Å²) < 4.78 is 6.15. The van der Waals surface area contributed by atoms with Crippen LogP contribution in [-0.4, -0.2) is 18.0 Å². The zero-order chi connectivity index (χ0) is 15.3. The molecule has 1 atom stereocenters. The number of hydrogen-bond donors (Lipinski definition) is 1. The zero-order valence-electron chi connectivity index (χ0n) is 12.2. The van der Waals surface area contributed by atoms with Gasteiger partial charge in [-0.05, 0) is 44.9 Å². The normalized spacial score (nSPS) is 12.7. The van der Waals surface area contributed by atoms with Gasteiger partial charge < -0.3 is 14.8 Å².